The van der Waals surface area contributed by atoms with Crippen LogP contribution in [-0.4, -0.2) is 18.8 Å². The van der Waals surface area contributed by atoms with Crippen molar-refractivity contribution in [3.8, 4) is 5.75 Å². The summed E-state index contributed by atoms with van der Waals surface area (Å²) in [6, 6.07) is 15.4. The molecular weight excluding hydrogens is 286 g/mol. The Kier molecular flexibility index (Phi) is 5.62. The minimum absolute atomic E-state index is 0.132. The van der Waals surface area contributed by atoms with Gasteiger partial charge in [0.05, 0.1) is 13.2 Å². The van der Waals surface area contributed by atoms with E-state index in [-0.39, 0.29) is 6.04 Å². The van der Waals surface area contributed by atoms with Gasteiger partial charge >= 0.3 is 0 Å². The number of benzene rings is 2. The number of ether oxygens (including phenoxy) is 1. The van der Waals surface area contributed by atoms with Crippen LogP contribution in [0.2, 0.25) is 5.02 Å². The molecule has 0 aliphatic carbocycles. The van der Waals surface area contributed by atoms with Gasteiger partial charge in [0.1, 0.15) is 5.75 Å². The van der Waals surface area contributed by atoms with Crippen LogP contribution in [0.4, 0.5) is 0 Å². The summed E-state index contributed by atoms with van der Waals surface area (Å²) in [6.07, 6.45) is -0.626. The van der Waals surface area contributed by atoms with Gasteiger partial charge in [-0.25, -0.2) is 0 Å². The third-order valence-electron chi connectivity index (χ3n) is 3.50. The van der Waals surface area contributed by atoms with Crippen molar-refractivity contribution in [2.75, 3.05) is 13.7 Å². The van der Waals surface area contributed by atoms with Crippen LogP contribution in [-0.2, 0) is 0 Å². The average molecular weight is 306 g/mol. The third kappa shape index (κ3) is 4.21. The van der Waals surface area contributed by atoms with E-state index in [1.165, 1.54) is 0 Å². The average Bonchev–Trinajstić information content (AvgIpc) is 2.52. The third-order valence-corrected chi connectivity index (χ3v) is 3.84. The fourth-order valence-electron chi connectivity index (χ4n) is 2.15. The first-order valence-electron chi connectivity index (χ1n) is 6.91. The molecule has 0 heterocycles. The van der Waals surface area contributed by atoms with Crippen LogP contribution in [0.5, 0.6) is 5.75 Å². The standard InChI is InChI=1S/C17H20ClNO2/c1-12(13-7-9-14(21-2)10-8-13)19-11-17(20)15-5-3-4-6-16(15)18/h3-10,12,17,19-20H,11H2,1-2H3/t12-,17?/m1/s1. The molecule has 0 aliphatic rings. The van der Waals surface area contributed by atoms with Crippen molar-refractivity contribution in [2.45, 2.75) is 19.1 Å². The molecule has 2 aromatic carbocycles. The Morgan fingerprint density at radius 1 is 1.14 bits per heavy atom. The Balaban J connectivity index is 1.94. The van der Waals surface area contributed by atoms with E-state index in [4.69, 9.17) is 16.3 Å². The Morgan fingerprint density at radius 3 is 2.43 bits per heavy atom. The maximum Gasteiger partial charge on any atom is 0.118 e. The first-order valence-corrected chi connectivity index (χ1v) is 7.29. The van der Waals surface area contributed by atoms with Gasteiger partial charge in [0, 0.05) is 23.2 Å². The normalized spacial score (nSPS) is 13.7. The molecule has 4 heteroatoms. The van der Waals surface area contributed by atoms with E-state index in [1.54, 1.807) is 13.2 Å². The highest BCUT2D eigenvalue weighted by Gasteiger charge is 2.13. The molecule has 0 radical (unpaired) electrons. The second-order valence-corrected chi connectivity index (χ2v) is 5.35. The molecule has 0 spiro atoms. The van der Waals surface area contributed by atoms with Gasteiger partial charge in [-0.3, -0.25) is 0 Å². The molecule has 1 unspecified atom stereocenters. The van der Waals surface area contributed by atoms with Crippen molar-refractivity contribution in [3.05, 3.63) is 64.7 Å². The lowest BCUT2D eigenvalue weighted by Gasteiger charge is -2.18. The van der Waals surface area contributed by atoms with Crippen LogP contribution in [0.15, 0.2) is 48.5 Å². The maximum atomic E-state index is 10.2. The Hall–Kier alpha value is -1.55. The molecule has 2 N–H and O–H groups in total. The number of aliphatic hydroxyl groups excluding tert-OH is 1. The fraction of sp³-hybridized carbons (Fsp3) is 0.294. The zero-order chi connectivity index (χ0) is 15.2. The van der Waals surface area contributed by atoms with E-state index in [1.807, 2.05) is 42.5 Å². The fourth-order valence-corrected chi connectivity index (χ4v) is 2.42. The smallest absolute Gasteiger partial charge is 0.118 e. The molecule has 2 aromatic rings. The van der Waals surface area contributed by atoms with Crippen molar-refractivity contribution in [1.29, 1.82) is 0 Å². The minimum Gasteiger partial charge on any atom is -0.497 e. The van der Waals surface area contributed by atoms with Gasteiger partial charge in [-0.15, -0.1) is 0 Å². The molecule has 2 atom stereocenters. The lowest BCUT2D eigenvalue weighted by atomic mass is 10.1. The number of hydrogen-bond donors (Lipinski definition) is 2. The van der Waals surface area contributed by atoms with E-state index in [9.17, 15) is 5.11 Å². The number of nitrogens with one attached hydrogen (secondary N) is 1. The molecule has 0 saturated carbocycles. The highest BCUT2D eigenvalue weighted by atomic mass is 35.5. The summed E-state index contributed by atoms with van der Waals surface area (Å²) in [5.41, 5.74) is 1.88. The molecular formula is C17H20ClNO2. The first-order chi connectivity index (χ1) is 10.1. The van der Waals surface area contributed by atoms with Gasteiger partial charge in [0.15, 0.2) is 0 Å². The molecule has 3 nitrogen and oxygen atoms in total. The van der Waals surface area contributed by atoms with Crippen LogP contribution in [0.1, 0.15) is 30.2 Å². The van der Waals surface area contributed by atoms with Crippen molar-refractivity contribution in [2.24, 2.45) is 0 Å². The number of methoxy groups -OCH3 is 1. The summed E-state index contributed by atoms with van der Waals surface area (Å²) in [7, 11) is 1.65. The highest BCUT2D eigenvalue weighted by Crippen LogP contribution is 2.23. The van der Waals surface area contributed by atoms with E-state index < -0.39 is 6.10 Å². The summed E-state index contributed by atoms with van der Waals surface area (Å²) in [5, 5.41) is 14.1. The predicted octanol–water partition coefficient (Wildman–Crippen LogP) is 3.73. The zero-order valence-electron chi connectivity index (χ0n) is 12.2. The summed E-state index contributed by atoms with van der Waals surface area (Å²) in [4.78, 5) is 0. The number of hydrogen-bond acceptors (Lipinski definition) is 3. The summed E-state index contributed by atoms with van der Waals surface area (Å²) < 4.78 is 5.14. The highest BCUT2D eigenvalue weighted by molar-refractivity contribution is 6.31. The van der Waals surface area contributed by atoms with E-state index in [2.05, 4.69) is 12.2 Å². The molecule has 0 aromatic heterocycles. The van der Waals surface area contributed by atoms with Gasteiger partial charge < -0.3 is 15.2 Å². The molecule has 0 amide bonds. The van der Waals surface area contributed by atoms with Crippen LogP contribution in [0.3, 0.4) is 0 Å². The van der Waals surface area contributed by atoms with E-state index >= 15 is 0 Å². The minimum atomic E-state index is -0.626. The largest absolute Gasteiger partial charge is 0.497 e. The number of aliphatic hydroxyl groups is 1. The second-order valence-electron chi connectivity index (χ2n) is 4.94. The van der Waals surface area contributed by atoms with Gasteiger partial charge in [-0.05, 0) is 30.7 Å². The number of halogens is 1. The van der Waals surface area contributed by atoms with Crippen molar-refractivity contribution < 1.29 is 9.84 Å². The molecule has 0 bridgehead atoms. The molecule has 21 heavy (non-hydrogen) atoms. The Labute approximate surface area is 130 Å². The molecule has 0 fully saturated rings. The molecule has 0 aliphatic heterocycles. The van der Waals surface area contributed by atoms with Crippen LogP contribution >= 0.6 is 11.6 Å². The van der Waals surface area contributed by atoms with Crippen molar-refractivity contribution in [3.63, 3.8) is 0 Å². The van der Waals surface area contributed by atoms with Crippen LogP contribution < -0.4 is 10.1 Å². The second kappa shape index (κ2) is 7.46. The van der Waals surface area contributed by atoms with Gasteiger partial charge in [0.2, 0.25) is 0 Å². The Bertz CT molecular complexity index is 571. The zero-order valence-corrected chi connectivity index (χ0v) is 13.0. The van der Waals surface area contributed by atoms with Gasteiger partial charge in [-0.1, -0.05) is 41.9 Å². The molecule has 112 valence electrons. The van der Waals surface area contributed by atoms with Crippen LogP contribution in [0.25, 0.3) is 0 Å². The van der Waals surface area contributed by atoms with Gasteiger partial charge in [-0.2, -0.15) is 0 Å². The van der Waals surface area contributed by atoms with Crippen LogP contribution in [0, 0.1) is 0 Å². The number of rotatable bonds is 6. The lowest BCUT2D eigenvalue weighted by Crippen LogP contribution is -2.24. The topological polar surface area (TPSA) is 41.5 Å². The monoisotopic (exact) mass is 305 g/mol. The molecule has 0 saturated heterocycles. The quantitative estimate of drug-likeness (QED) is 0.854. The summed E-state index contributed by atoms with van der Waals surface area (Å²) in [6.45, 7) is 2.50. The summed E-state index contributed by atoms with van der Waals surface area (Å²) >= 11 is 6.08. The maximum absolute atomic E-state index is 10.2. The first kappa shape index (κ1) is 15.8. The van der Waals surface area contributed by atoms with E-state index in [0.717, 1.165) is 16.9 Å². The summed E-state index contributed by atoms with van der Waals surface area (Å²) in [5.74, 6) is 0.835. The lowest BCUT2D eigenvalue weighted by molar-refractivity contribution is 0.171. The molecule has 2 rings (SSSR count). The van der Waals surface area contributed by atoms with Crippen molar-refractivity contribution in [1.82, 2.24) is 5.32 Å². The predicted molar refractivity (Wildman–Crippen MR) is 85.8 cm³/mol. The van der Waals surface area contributed by atoms with E-state index in [0.29, 0.717) is 11.6 Å². The SMILES string of the molecule is COc1ccc([C@@H](C)NCC(O)c2ccccc2Cl)cc1. The van der Waals surface area contributed by atoms with Gasteiger partial charge in [0.25, 0.3) is 0 Å². The Morgan fingerprint density at radius 2 is 1.81 bits per heavy atom. The van der Waals surface area contributed by atoms with Crippen molar-refractivity contribution >= 4 is 11.6 Å².